The summed E-state index contributed by atoms with van der Waals surface area (Å²) in [5, 5.41) is 0.452. The smallest absolute Gasteiger partial charge is 0.132 e. The summed E-state index contributed by atoms with van der Waals surface area (Å²) in [5.74, 6) is -0.381. The highest BCUT2D eigenvalue weighted by Crippen LogP contribution is 2.32. The molecule has 0 bridgehead atoms. The highest BCUT2D eigenvalue weighted by molar-refractivity contribution is 6.30. The fourth-order valence-electron chi connectivity index (χ4n) is 4.32. The van der Waals surface area contributed by atoms with Gasteiger partial charge in [0, 0.05) is 29.7 Å². The van der Waals surface area contributed by atoms with Crippen LogP contribution < -0.4 is 4.90 Å². The van der Waals surface area contributed by atoms with Crippen molar-refractivity contribution < 1.29 is 4.39 Å². The maximum absolute atomic E-state index is 14.5. The lowest BCUT2D eigenvalue weighted by atomic mass is 10.0. The van der Waals surface area contributed by atoms with Gasteiger partial charge in [-0.1, -0.05) is 11.6 Å². The lowest BCUT2D eigenvalue weighted by Gasteiger charge is -2.36. The summed E-state index contributed by atoms with van der Waals surface area (Å²) >= 11 is 6.09. The number of hydrogen-bond donors (Lipinski definition) is 1. The van der Waals surface area contributed by atoms with E-state index in [1.165, 1.54) is 12.1 Å². The van der Waals surface area contributed by atoms with E-state index in [1.54, 1.807) is 12.4 Å². The molecular weight excluding hydrogens is 427 g/mol. The van der Waals surface area contributed by atoms with Gasteiger partial charge in [0.25, 0.3) is 0 Å². The molecule has 1 aromatic carbocycles. The van der Waals surface area contributed by atoms with Gasteiger partial charge in [-0.3, -0.25) is 4.98 Å². The van der Waals surface area contributed by atoms with Crippen molar-refractivity contribution in [1.82, 2.24) is 24.8 Å². The molecule has 0 unspecified atom stereocenters. The van der Waals surface area contributed by atoms with Crippen LogP contribution in [0.2, 0.25) is 5.02 Å². The van der Waals surface area contributed by atoms with Gasteiger partial charge >= 0.3 is 0 Å². The molecule has 1 aliphatic rings. The molecule has 0 spiro atoms. The standard InChI is InChI=1S/C24H24ClFN6/c1-31(2)16-7-9-32(10-8-16)17-12-22-20(27-13-17)5-6-21(30-22)24-23(28-14-29-24)18-11-15(25)3-4-19(18)26/h3-6,11-14,16H,7-10H2,1-2H3,(H,28,29). The van der Waals surface area contributed by atoms with Crippen molar-refractivity contribution in [2.24, 2.45) is 0 Å². The molecule has 0 saturated carbocycles. The summed E-state index contributed by atoms with van der Waals surface area (Å²) in [4.78, 5) is 21.6. The number of H-pyrrole nitrogens is 1. The van der Waals surface area contributed by atoms with Crippen LogP contribution in [0.15, 0.2) is 48.9 Å². The Hall–Kier alpha value is -3.03. The van der Waals surface area contributed by atoms with Crippen molar-refractivity contribution in [3.8, 4) is 22.6 Å². The van der Waals surface area contributed by atoms with Gasteiger partial charge in [-0.2, -0.15) is 0 Å². The van der Waals surface area contributed by atoms with Gasteiger partial charge < -0.3 is 14.8 Å². The number of aromatic amines is 1. The number of hydrogen-bond acceptors (Lipinski definition) is 5. The Balaban J connectivity index is 1.48. The molecule has 6 nitrogen and oxygen atoms in total. The predicted molar refractivity (Wildman–Crippen MR) is 126 cm³/mol. The van der Waals surface area contributed by atoms with Crippen molar-refractivity contribution in [1.29, 1.82) is 0 Å². The number of imidazole rings is 1. The minimum Gasteiger partial charge on any atom is -0.370 e. The monoisotopic (exact) mass is 450 g/mol. The van der Waals surface area contributed by atoms with E-state index in [4.69, 9.17) is 16.6 Å². The third kappa shape index (κ3) is 3.94. The molecule has 0 aliphatic carbocycles. The number of piperidine rings is 1. The van der Waals surface area contributed by atoms with Crippen LogP contribution in [0, 0.1) is 5.82 Å². The summed E-state index contributed by atoms with van der Waals surface area (Å²) < 4.78 is 14.5. The second-order valence-electron chi connectivity index (χ2n) is 8.36. The Morgan fingerprint density at radius 3 is 2.66 bits per heavy atom. The third-order valence-corrected chi connectivity index (χ3v) is 6.40. The van der Waals surface area contributed by atoms with E-state index < -0.39 is 0 Å². The SMILES string of the molecule is CN(C)C1CCN(c2cnc3ccc(-c4[nH]cnc4-c4cc(Cl)ccc4F)nc3c2)CC1. The first-order valence-corrected chi connectivity index (χ1v) is 11.0. The van der Waals surface area contributed by atoms with E-state index in [0.29, 0.717) is 33.7 Å². The second-order valence-corrected chi connectivity index (χ2v) is 8.80. The molecule has 4 aromatic rings. The van der Waals surface area contributed by atoms with Crippen molar-refractivity contribution in [2.75, 3.05) is 32.1 Å². The molecule has 32 heavy (non-hydrogen) atoms. The second kappa shape index (κ2) is 8.48. The molecule has 164 valence electrons. The molecule has 8 heteroatoms. The number of aromatic nitrogens is 4. The molecule has 1 N–H and O–H groups in total. The maximum Gasteiger partial charge on any atom is 0.132 e. The van der Waals surface area contributed by atoms with Gasteiger partial charge in [-0.25, -0.2) is 14.4 Å². The Kier molecular flexibility index (Phi) is 5.53. The topological polar surface area (TPSA) is 60.9 Å². The number of anilines is 1. The first-order chi connectivity index (χ1) is 15.5. The zero-order chi connectivity index (χ0) is 22.2. The van der Waals surface area contributed by atoms with E-state index in [9.17, 15) is 4.39 Å². The summed E-state index contributed by atoms with van der Waals surface area (Å²) in [6, 6.07) is 11.0. The fraction of sp³-hybridized carbons (Fsp3) is 0.292. The molecule has 4 heterocycles. The van der Waals surface area contributed by atoms with Crippen LogP contribution in [-0.4, -0.2) is 58.1 Å². The number of halogens is 2. The number of nitrogens with zero attached hydrogens (tertiary/aromatic N) is 5. The Labute approximate surface area is 191 Å². The van der Waals surface area contributed by atoms with Gasteiger partial charge in [0.15, 0.2) is 0 Å². The average Bonchev–Trinajstić information content (AvgIpc) is 3.29. The molecule has 1 fully saturated rings. The molecule has 0 radical (unpaired) electrons. The first kappa shape index (κ1) is 20.8. The van der Waals surface area contributed by atoms with Crippen molar-refractivity contribution in [3.05, 3.63) is 59.8 Å². The van der Waals surface area contributed by atoms with E-state index in [2.05, 4.69) is 44.9 Å². The van der Waals surface area contributed by atoms with Crippen LogP contribution in [-0.2, 0) is 0 Å². The van der Waals surface area contributed by atoms with Crippen molar-refractivity contribution in [3.63, 3.8) is 0 Å². The molecule has 1 aliphatic heterocycles. The summed E-state index contributed by atoms with van der Waals surface area (Å²) in [6.45, 7) is 1.99. The molecule has 0 atom stereocenters. The summed E-state index contributed by atoms with van der Waals surface area (Å²) in [7, 11) is 4.28. The van der Waals surface area contributed by atoms with E-state index in [0.717, 1.165) is 42.7 Å². The Morgan fingerprint density at radius 2 is 1.88 bits per heavy atom. The van der Waals surface area contributed by atoms with Crippen molar-refractivity contribution >= 4 is 28.3 Å². The quantitative estimate of drug-likeness (QED) is 0.473. The summed E-state index contributed by atoms with van der Waals surface area (Å²) in [6.07, 6.45) is 5.71. The highest BCUT2D eigenvalue weighted by Gasteiger charge is 2.21. The molecule has 5 rings (SSSR count). The van der Waals surface area contributed by atoms with Gasteiger partial charge in [0.1, 0.15) is 11.5 Å². The maximum atomic E-state index is 14.5. The number of nitrogens with one attached hydrogen (secondary N) is 1. The van der Waals surface area contributed by atoms with Crippen LogP contribution in [0.25, 0.3) is 33.7 Å². The normalized spacial score (nSPS) is 15.1. The van der Waals surface area contributed by atoms with E-state index in [1.807, 2.05) is 18.3 Å². The molecule has 0 amide bonds. The molecule has 3 aromatic heterocycles. The zero-order valence-electron chi connectivity index (χ0n) is 18.0. The van der Waals surface area contributed by atoms with Crippen LogP contribution in [0.5, 0.6) is 0 Å². The predicted octanol–water partition coefficient (Wildman–Crippen LogP) is 5.01. The van der Waals surface area contributed by atoms with Crippen LogP contribution in [0.3, 0.4) is 0 Å². The molecular formula is C24H24ClFN6. The number of fused-ring (bicyclic) bond motifs is 1. The summed E-state index contributed by atoms with van der Waals surface area (Å²) in [5.41, 5.74) is 4.82. The minimum atomic E-state index is -0.381. The van der Waals surface area contributed by atoms with Gasteiger partial charge in [0.2, 0.25) is 0 Å². The Bertz CT molecular complexity index is 1260. The van der Waals surface area contributed by atoms with Gasteiger partial charge in [0.05, 0.1) is 40.6 Å². The zero-order valence-corrected chi connectivity index (χ0v) is 18.8. The van der Waals surface area contributed by atoms with Crippen LogP contribution in [0.4, 0.5) is 10.1 Å². The number of rotatable bonds is 4. The lowest BCUT2D eigenvalue weighted by Crippen LogP contribution is -2.42. The van der Waals surface area contributed by atoms with E-state index in [-0.39, 0.29) is 5.82 Å². The average molecular weight is 451 g/mol. The van der Waals surface area contributed by atoms with Crippen LogP contribution in [0.1, 0.15) is 12.8 Å². The van der Waals surface area contributed by atoms with E-state index >= 15 is 0 Å². The molecule has 1 saturated heterocycles. The van der Waals surface area contributed by atoms with Gasteiger partial charge in [-0.15, -0.1) is 0 Å². The van der Waals surface area contributed by atoms with Crippen LogP contribution >= 0.6 is 11.6 Å². The lowest BCUT2D eigenvalue weighted by molar-refractivity contribution is 0.249. The van der Waals surface area contributed by atoms with Crippen molar-refractivity contribution in [2.45, 2.75) is 18.9 Å². The highest BCUT2D eigenvalue weighted by atomic mass is 35.5. The first-order valence-electron chi connectivity index (χ1n) is 10.7. The van der Waals surface area contributed by atoms with Gasteiger partial charge in [-0.05, 0) is 63.3 Å². The largest absolute Gasteiger partial charge is 0.370 e. The number of benzene rings is 1. The third-order valence-electron chi connectivity index (χ3n) is 6.16. The minimum absolute atomic E-state index is 0.339. The Morgan fingerprint density at radius 1 is 1.06 bits per heavy atom. The number of pyridine rings is 2. The fourth-order valence-corrected chi connectivity index (χ4v) is 4.49.